The number of benzene rings is 2. The molecular formula is C18H22N2O. The van der Waals surface area contributed by atoms with Crippen LogP contribution >= 0.6 is 0 Å². The highest BCUT2D eigenvalue weighted by Crippen LogP contribution is 2.04. The van der Waals surface area contributed by atoms with E-state index in [1.54, 1.807) is 0 Å². The van der Waals surface area contributed by atoms with Crippen molar-refractivity contribution in [3.63, 3.8) is 0 Å². The molecule has 1 unspecified atom stereocenters. The molecule has 0 aliphatic heterocycles. The molecule has 0 fully saturated rings. The van der Waals surface area contributed by atoms with Gasteiger partial charge in [0.25, 0.3) is 0 Å². The molecule has 0 heterocycles. The van der Waals surface area contributed by atoms with Crippen LogP contribution in [0.15, 0.2) is 60.7 Å². The third-order valence-corrected chi connectivity index (χ3v) is 3.38. The number of rotatable bonds is 6. The summed E-state index contributed by atoms with van der Waals surface area (Å²) in [6, 6.07) is 20.3. The van der Waals surface area contributed by atoms with Gasteiger partial charge in [0.2, 0.25) is 0 Å². The zero-order valence-electron chi connectivity index (χ0n) is 12.4. The smallest absolute Gasteiger partial charge is 0.315 e. The van der Waals surface area contributed by atoms with E-state index in [0.717, 1.165) is 18.4 Å². The van der Waals surface area contributed by atoms with E-state index in [1.807, 2.05) is 55.5 Å². The minimum Gasteiger partial charge on any atom is -0.336 e. The lowest BCUT2D eigenvalue weighted by molar-refractivity contribution is 0.237. The van der Waals surface area contributed by atoms with E-state index in [4.69, 9.17) is 0 Å². The Morgan fingerprint density at radius 1 is 0.952 bits per heavy atom. The number of nitrogens with one attached hydrogen (secondary N) is 2. The average molecular weight is 282 g/mol. The third kappa shape index (κ3) is 5.69. The topological polar surface area (TPSA) is 41.1 Å². The predicted molar refractivity (Wildman–Crippen MR) is 86.0 cm³/mol. The largest absolute Gasteiger partial charge is 0.336 e. The first-order valence-electron chi connectivity index (χ1n) is 7.36. The summed E-state index contributed by atoms with van der Waals surface area (Å²) in [6.45, 7) is 2.59. The third-order valence-electron chi connectivity index (χ3n) is 3.38. The molecular weight excluding hydrogens is 260 g/mol. The zero-order chi connectivity index (χ0) is 14.9. The van der Waals surface area contributed by atoms with Gasteiger partial charge in [0.05, 0.1) is 0 Å². The van der Waals surface area contributed by atoms with Gasteiger partial charge in [-0.25, -0.2) is 4.79 Å². The molecule has 2 rings (SSSR count). The number of aryl methyl sites for hydroxylation is 1. The quantitative estimate of drug-likeness (QED) is 0.836. The lowest BCUT2D eigenvalue weighted by Crippen LogP contribution is -2.40. The zero-order valence-corrected chi connectivity index (χ0v) is 12.4. The van der Waals surface area contributed by atoms with Gasteiger partial charge in [-0.1, -0.05) is 60.7 Å². The van der Waals surface area contributed by atoms with Gasteiger partial charge in [0.1, 0.15) is 0 Å². The first kappa shape index (κ1) is 15.1. The van der Waals surface area contributed by atoms with Crippen LogP contribution in [-0.4, -0.2) is 12.1 Å². The van der Waals surface area contributed by atoms with Gasteiger partial charge in [-0.3, -0.25) is 0 Å². The van der Waals surface area contributed by atoms with Gasteiger partial charge >= 0.3 is 6.03 Å². The van der Waals surface area contributed by atoms with Crippen molar-refractivity contribution in [1.29, 1.82) is 0 Å². The Kier molecular flexibility index (Phi) is 5.83. The summed E-state index contributed by atoms with van der Waals surface area (Å²) in [5, 5.41) is 5.85. The fourth-order valence-corrected chi connectivity index (χ4v) is 2.15. The Morgan fingerprint density at radius 2 is 1.52 bits per heavy atom. The summed E-state index contributed by atoms with van der Waals surface area (Å²) in [4.78, 5) is 11.8. The standard InChI is InChI=1S/C18H22N2O/c1-15(12-13-16-8-4-2-5-9-16)20-18(21)19-14-17-10-6-3-7-11-17/h2-11,15H,12-14H2,1H3,(H2,19,20,21). The van der Waals surface area contributed by atoms with E-state index in [1.165, 1.54) is 5.56 Å². The maximum absolute atomic E-state index is 11.8. The molecule has 0 saturated carbocycles. The van der Waals surface area contributed by atoms with Crippen LogP contribution in [0.4, 0.5) is 4.79 Å². The predicted octanol–water partition coefficient (Wildman–Crippen LogP) is 3.51. The summed E-state index contributed by atoms with van der Waals surface area (Å²) in [5.74, 6) is 0. The van der Waals surface area contributed by atoms with Crippen molar-refractivity contribution in [2.75, 3.05) is 0 Å². The summed E-state index contributed by atoms with van der Waals surface area (Å²) in [7, 11) is 0. The first-order valence-corrected chi connectivity index (χ1v) is 7.36. The van der Waals surface area contributed by atoms with Crippen molar-refractivity contribution >= 4 is 6.03 Å². The molecule has 1 atom stereocenters. The highest BCUT2D eigenvalue weighted by Gasteiger charge is 2.06. The van der Waals surface area contributed by atoms with E-state index >= 15 is 0 Å². The number of carbonyl (C=O) groups is 1. The second-order valence-corrected chi connectivity index (χ2v) is 5.24. The molecule has 2 aromatic rings. The minimum absolute atomic E-state index is 0.112. The Morgan fingerprint density at radius 3 is 2.14 bits per heavy atom. The molecule has 3 nitrogen and oxygen atoms in total. The van der Waals surface area contributed by atoms with Crippen LogP contribution in [-0.2, 0) is 13.0 Å². The molecule has 0 aliphatic rings. The second-order valence-electron chi connectivity index (χ2n) is 5.24. The molecule has 0 bridgehead atoms. The van der Waals surface area contributed by atoms with Gasteiger partial charge in [0, 0.05) is 12.6 Å². The normalized spacial score (nSPS) is 11.7. The van der Waals surface area contributed by atoms with E-state index < -0.39 is 0 Å². The van der Waals surface area contributed by atoms with Crippen molar-refractivity contribution in [1.82, 2.24) is 10.6 Å². The van der Waals surface area contributed by atoms with Crippen LogP contribution in [0.1, 0.15) is 24.5 Å². The molecule has 0 spiro atoms. The van der Waals surface area contributed by atoms with Gasteiger partial charge in [-0.15, -0.1) is 0 Å². The Labute approximate surface area is 126 Å². The highest BCUT2D eigenvalue weighted by molar-refractivity contribution is 5.74. The van der Waals surface area contributed by atoms with E-state index in [-0.39, 0.29) is 12.1 Å². The van der Waals surface area contributed by atoms with E-state index in [2.05, 4.69) is 22.8 Å². The Balaban J connectivity index is 1.67. The van der Waals surface area contributed by atoms with E-state index in [0.29, 0.717) is 6.54 Å². The molecule has 0 saturated heterocycles. The second kappa shape index (κ2) is 8.10. The minimum atomic E-state index is -0.112. The fraction of sp³-hybridized carbons (Fsp3) is 0.278. The van der Waals surface area contributed by atoms with Crippen LogP contribution in [0.2, 0.25) is 0 Å². The summed E-state index contributed by atoms with van der Waals surface area (Å²) < 4.78 is 0. The summed E-state index contributed by atoms with van der Waals surface area (Å²) in [6.07, 6.45) is 1.91. The Hall–Kier alpha value is -2.29. The molecule has 2 N–H and O–H groups in total. The SMILES string of the molecule is CC(CCc1ccccc1)NC(=O)NCc1ccccc1. The van der Waals surface area contributed by atoms with Crippen molar-refractivity contribution in [3.8, 4) is 0 Å². The first-order chi connectivity index (χ1) is 10.2. The van der Waals surface area contributed by atoms with Crippen LogP contribution < -0.4 is 10.6 Å². The number of carbonyl (C=O) groups excluding carboxylic acids is 1. The number of hydrogen-bond acceptors (Lipinski definition) is 1. The lowest BCUT2D eigenvalue weighted by atomic mass is 10.1. The molecule has 3 heteroatoms. The highest BCUT2D eigenvalue weighted by atomic mass is 16.2. The van der Waals surface area contributed by atoms with Crippen molar-refractivity contribution < 1.29 is 4.79 Å². The molecule has 0 aromatic heterocycles. The lowest BCUT2D eigenvalue weighted by Gasteiger charge is -2.14. The molecule has 110 valence electrons. The van der Waals surface area contributed by atoms with Gasteiger partial charge in [-0.2, -0.15) is 0 Å². The van der Waals surface area contributed by atoms with Gasteiger partial charge in [-0.05, 0) is 30.9 Å². The summed E-state index contributed by atoms with van der Waals surface area (Å²) in [5.41, 5.74) is 2.40. The molecule has 0 radical (unpaired) electrons. The van der Waals surface area contributed by atoms with Crippen molar-refractivity contribution in [2.45, 2.75) is 32.4 Å². The Bertz CT molecular complexity index is 540. The molecule has 0 aliphatic carbocycles. The molecule has 21 heavy (non-hydrogen) atoms. The van der Waals surface area contributed by atoms with E-state index in [9.17, 15) is 4.79 Å². The maximum Gasteiger partial charge on any atom is 0.315 e. The number of amides is 2. The van der Waals surface area contributed by atoms with Crippen molar-refractivity contribution in [3.05, 3.63) is 71.8 Å². The van der Waals surface area contributed by atoms with Crippen LogP contribution in [0, 0.1) is 0 Å². The molecule has 2 amide bonds. The summed E-state index contributed by atoms with van der Waals surface area (Å²) >= 11 is 0. The maximum atomic E-state index is 11.8. The van der Waals surface area contributed by atoms with Crippen molar-refractivity contribution in [2.24, 2.45) is 0 Å². The van der Waals surface area contributed by atoms with Gasteiger partial charge in [0.15, 0.2) is 0 Å². The van der Waals surface area contributed by atoms with Crippen LogP contribution in [0.25, 0.3) is 0 Å². The van der Waals surface area contributed by atoms with Gasteiger partial charge < -0.3 is 10.6 Å². The average Bonchev–Trinajstić information content (AvgIpc) is 2.53. The number of urea groups is 1. The van der Waals surface area contributed by atoms with Crippen LogP contribution in [0.5, 0.6) is 0 Å². The molecule has 2 aromatic carbocycles. The fourth-order valence-electron chi connectivity index (χ4n) is 2.15. The number of hydrogen-bond donors (Lipinski definition) is 2. The monoisotopic (exact) mass is 282 g/mol. The van der Waals surface area contributed by atoms with Crippen LogP contribution in [0.3, 0.4) is 0 Å².